The van der Waals surface area contributed by atoms with E-state index < -0.39 is 45.7 Å². The van der Waals surface area contributed by atoms with E-state index in [4.69, 9.17) is 16.9 Å². The lowest BCUT2D eigenvalue weighted by Gasteiger charge is -2.36. The molecule has 0 aliphatic carbocycles. The van der Waals surface area contributed by atoms with E-state index in [1.165, 1.54) is 13.1 Å². The van der Waals surface area contributed by atoms with E-state index in [1.807, 2.05) is 0 Å². The number of amides is 2. The summed E-state index contributed by atoms with van der Waals surface area (Å²) in [6.45, 7) is 1.48. The maximum atomic E-state index is 13.4. The third kappa shape index (κ3) is 4.45. The number of hydrogen-bond acceptors (Lipinski definition) is 4. The molecular weight excluding hydrogens is 456 g/mol. The van der Waals surface area contributed by atoms with Crippen LogP contribution in [0.3, 0.4) is 0 Å². The van der Waals surface area contributed by atoms with Crippen molar-refractivity contribution in [2.75, 3.05) is 12.4 Å². The summed E-state index contributed by atoms with van der Waals surface area (Å²) in [5.74, 6) is -4.45. The first-order chi connectivity index (χ1) is 14.6. The van der Waals surface area contributed by atoms with Gasteiger partial charge in [-0.1, -0.05) is 11.6 Å². The minimum atomic E-state index is -4.80. The smallest absolute Gasteiger partial charge is 0.345 e. The number of hydrogen-bond donors (Lipinski definition) is 1. The van der Waals surface area contributed by atoms with Gasteiger partial charge in [-0.25, -0.2) is 4.39 Å². The minimum Gasteiger partial charge on any atom is -0.345 e. The van der Waals surface area contributed by atoms with Crippen LogP contribution in [0.4, 0.5) is 23.2 Å². The Morgan fingerprint density at radius 2 is 1.81 bits per heavy atom. The molecule has 12 heteroatoms. The Labute approximate surface area is 185 Å². The summed E-state index contributed by atoms with van der Waals surface area (Å²) >= 11 is 6.11. The molecule has 0 unspecified atom stereocenters. The monoisotopic (exact) mass is 472 g/mol. The van der Waals surface area contributed by atoms with Gasteiger partial charge in [-0.2, -0.15) is 18.4 Å². The van der Waals surface area contributed by atoms with Crippen LogP contribution in [0.15, 0.2) is 24.4 Å². The average molecular weight is 473 g/mol. The maximum absolute atomic E-state index is 13.4. The Kier molecular flexibility index (Phi) is 6.70. The highest BCUT2D eigenvalue weighted by Crippen LogP contribution is 2.35. The van der Waals surface area contributed by atoms with Gasteiger partial charge in [0.15, 0.2) is 0 Å². The molecule has 2 rings (SSSR count). The second-order valence-electron chi connectivity index (χ2n) is 7.33. The van der Waals surface area contributed by atoms with Gasteiger partial charge in [0.2, 0.25) is 0 Å². The summed E-state index contributed by atoms with van der Waals surface area (Å²) in [5, 5.41) is 10.8. The van der Waals surface area contributed by atoms with Crippen LogP contribution in [0.2, 0.25) is 5.02 Å². The molecule has 0 bridgehead atoms. The Bertz CT molecular complexity index is 1150. The summed E-state index contributed by atoms with van der Waals surface area (Å²) in [7, 11) is 2.16. The molecule has 0 fully saturated rings. The Morgan fingerprint density at radius 1 is 1.22 bits per heavy atom. The predicted molar refractivity (Wildman–Crippen MR) is 107 cm³/mol. The number of anilines is 1. The molecule has 2 aromatic rings. The Morgan fingerprint density at radius 3 is 2.34 bits per heavy atom. The predicted octanol–water partition coefficient (Wildman–Crippen LogP) is 3.92. The SMILES string of the molecule is CN(C(=O)C(=O)c1cn(C)c(C(=O)Nc2ccc(F)c(C#N)c2)c1Cl)C(C)(C)C(F)(F)F. The first-order valence-corrected chi connectivity index (χ1v) is 9.26. The van der Waals surface area contributed by atoms with Gasteiger partial charge in [-0.15, -0.1) is 0 Å². The quantitative estimate of drug-likeness (QED) is 0.405. The van der Waals surface area contributed by atoms with E-state index in [9.17, 15) is 31.9 Å². The fourth-order valence-corrected chi connectivity index (χ4v) is 2.96. The van der Waals surface area contributed by atoms with Crippen molar-refractivity contribution in [2.45, 2.75) is 25.6 Å². The number of likely N-dealkylation sites (N-methyl/N-ethyl adjacent to an activating group) is 1. The van der Waals surface area contributed by atoms with E-state index in [1.54, 1.807) is 6.07 Å². The molecule has 0 aliphatic heterocycles. The van der Waals surface area contributed by atoms with Gasteiger partial charge >= 0.3 is 6.18 Å². The van der Waals surface area contributed by atoms with Crippen LogP contribution >= 0.6 is 11.6 Å². The van der Waals surface area contributed by atoms with Crippen LogP contribution in [0, 0.1) is 17.1 Å². The first kappa shape index (κ1) is 24.9. The van der Waals surface area contributed by atoms with E-state index in [2.05, 4.69) is 5.32 Å². The number of carbonyl (C=O) groups is 3. The summed E-state index contributed by atoms with van der Waals surface area (Å²) in [4.78, 5) is 37.9. The lowest BCUT2D eigenvalue weighted by molar-refractivity contribution is -0.215. The number of aryl methyl sites for hydroxylation is 1. The van der Waals surface area contributed by atoms with Crippen LogP contribution in [-0.2, 0) is 11.8 Å². The molecule has 0 aliphatic rings. The second kappa shape index (κ2) is 8.63. The van der Waals surface area contributed by atoms with E-state index in [0.717, 1.165) is 43.8 Å². The number of ketones is 1. The van der Waals surface area contributed by atoms with E-state index in [0.29, 0.717) is 0 Å². The molecular formula is C20H17ClF4N4O3. The highest BCUT2D eigenvalue weighted by atomic mass is 35.5. The van der Waals surface area contributed by atoms with Gasteiger partial charge in [0, 0.05) is 26.0 Å². The summed E-state index contributed by atoms with van der Waals surface area (Å²) in [6.07, 6.45) is -3.77. The van der Waals surface area contributed by atoms with Gasteiger partial charge in [-0.3, -0.25) is 14.4 Å². The number of nitriles is 1. The topological polar surface area (TPSA) is 95.2 Å². The molecule has 1 heterocycles. The largest absolute Gasteiger partial charge is 0.411 e. The van der Waals surface area contributed by atoms with Crippen molar-refractivity contribution in [3.63, 3.8) is 0 Å². The molecule has 7 nitrogen and oxygen atoms in total. The number of alkyl halides is 3. The average Bonchev–Trinajstić information content (AvgIpc) is 3.00. The molecule has 1 N–H and O–H groups in total. The van der Waals surface area contributed by atoms with Gasteiger partial charge in [-0.05, 0) is 32.0 Å². The summed E-state index contributed by atoms with van der Waals surface area (Å²) < 4.78 is 54.2. The number of halogens is 5. The number of rotatable bonds is 5. The van der Waals surface area contributed by atoms with Gasteiger partial charge in [0.25, 0.3) is 17.6 Å². The summed E-state index contributed by atoms with van der Waals surface area (Å²) in [5.41, 5.74) is -3.64. The van der Waals surface area contributed by atoms with Gasteiger partial charge in [0.05, 0.1) is 16.1 Å². The van der Waals surface area contributed by atoms with Crippen molar-refractivity contribution < 1.29 is 31.9 Å². The first-order valence-electron chi connectivity index (χ1n) is 8.88. The Balaban J connectivity index is 2.35. The fourth-order valence-electron chi connectivity index (χ4n) is 2.61. The molecule has 0 saturated carbocycles. The highest BCUT2D eigenvalue weighted by Gasteiger charge is 2.52. The van der Waals surface area contributed by atoms with Crippen LogP contribution in [0.5, 0.6) is 0 Å². The van der Waals surface area contributed by atoms with Crippen molar-refractivity contribution >= 4 is 34.9 Å². The normalized spacial score (nSPS) is 11.6. The lowest BCUT2D eigenvalue weighted by atomic mass is 10.0. The standard InChI is InChI=1S/C20H17ClF4N4O3/c1-19(2,20(23,24)25)29(4)18(32)16(30)12-9-28(3)15(14(12)21)17(31)27-11-5-6-13(22)10(7-11)8-26/h5-7,9H,1-4H3,(H,27,31). The molecule has 1 aromatic carbocycles. The molecule has 2 amide bonds. The number of Topliss-reactive ketones (excluding diaryl/α,β-unsaturated/α-hetero) is 1. The van der Waals surface area contributed by atoms with Gasteiger partial charge in [0.1, 0.15) is 23.1 Å². The number of carbonyl (C=O) groups excluding carboxylic acids is 3. The molecule has 32 heavy (non-hydrogen) atoms. The van der Waals surface area contributed by atoms with Crippen LogP contribution in [-0.4, -0.2) is 45.8 Å². The number of benzene rings is 1. The zero-order chi connectivity index (χ0) is 24.6. The zero-order valence-corrected chi connectivity index (χ0v) is 18.0. The fraction of sp³-hybridized carbons (Fsp3) is 0.300. The molecule has 0 atom stereocenters. The maximum Gasteiger partial charge on any atom is 0.411 e. The second-order valence-corrected chi connectivity index (χ2v) is 7.70. The number of nitrogens with zero attached hydrogens (tertiary/aromatic N) is 3. The van der Waals surface area contributed by atoms with Crippen molar-refractivity contribution in [1.82, 2.24) is 9.47 Å². The van der Waals surface area contributed by atoms with E-state index in [-0.39, 0.29) is 21.8 Å². The van der Waals surface area contributed by atoms with Crippen molar-refractivity contribution in [3.8, 4) is 6.07 Å². The lowest BCUT2D eigenvalue weighted by Crippen LogP contribution is -2.56. The Hall–Kier alpha value is -3.39. The molecule has 0 radical (unpaired) electrons. The molecule has 1 aromatic heterocycles. The third-order valence-electron chi connectivity index (χ3n) is 4.96. The highest BCUT2D eigenvalue weighted by molar-refractivity contribution is 6.48. The van der Waals surface area contributed by atoms with Gasteiger partial charge < -0.3 is 14.8 Å². The molecule has 0 saturated heterocycles. The third-order valence-corrected chi connectivity index (χ3v) is 5.34. The van der Waals surface area contributed by atoms with Crippen LogP contribution in [0.25, 0.3) is 0 Å². The van der Waals surface area contributed by atoms with Crippen LogP contribution < -0.4 is 5.32 Å². The van der Waals surface area contributed by atoms with E-state index >= 15 is 0 Å². The zero-order valence-electron chi connectivity index (χ0n) is 17.3. The number of nitrogens with one attached hydrogen (secondary N) is 1. The van der Waals surface area contributed by atoms with Crippen molar-refractivity contribution in [3.05, 3.63) is 52.1 Å². The van der Waals surface area contributed by atoms with Crippen molar-refractivity contribution in [2.24, 2.45) is 7.05 Å². The van der Waals surface area contributed by atoms with Crippen LogP contribution in [0.1, 0.15) is 40.3 Å². The molecule has 170 valence electrons. The number of aromatic nitrogens is 1. The molecule has 0 spiro atoms. The summed E-state index contributed by atoms with van der Waals surface area (Å²) in [6, 6.07) is 4.84. The minimum absolute atomic E-state index is 0.0563. The van der Waals surface area contributed by atoms with Crippen molar-refractivity contribution in [1.29, 1.82) is 5.26 Å².